The maximum absolute atomic E-state index is 11.1. The Kier molecular flexibility index (Phi) is 7.19. The fourth-order valence-electron chi connectivity index (χ4n) is 0.959. The van der Waals surface area contributed by atoms with Gasteiger partial charge in [0.25, 0.3) is 0 Å². The molecule has 0 aromatic rings. The molecule has 0 rings (SSSR count). The molecule has 0 aliphatic rings. The number of esters is 2. The Hall–Kier alpha value is -1.37. The van der Waals surface area contributed by atoms with Crippen molar-refractivity contribution in [2.24, 2.45) is 0 Å². The maximum atomic E-state index is 11.1. The smallest absolute Gasteiger partial charge is 0.325 e. The molecule has 16 heavy (non-hydrogen) atoms. The summed E-state index contributed by atoms with van der Waals surface area (Å²) < 4.78 is 9.02. The summed E-state index contributed by atoms with van der Waals surface area (Å²) in [6.07, 6.45) is 0.162. The molecule has 0 aromatic carbocycles. The van der Waals surface area contributed by atoms with Crippen molar-refractivity contribution in [3.8, 4) is 0 Å². The normalized spacial score (nSPS) is 9.19. The van der Waals surface area contributed by atoms with Crippen LogP contribution in [0.5, 0.6) is 0 Å². The van der Waals surface area contributed by atoms with Crippen LogP contribution in [-0.4, -0.2) is 56.3 Å². The molecule has 0 saturated heterocycles. The van der Waals surface area contributed by atoms with Crippen molar-refractivity contribution in [1.82, 2.24) is 10.2 Å². The molecule has 0 aliphatic carbocycles. The second kappa shape index (κ2) is 7.86. The first-order valence-electron chi connectivity index (χ1n) is 4.65. The lowest BCUT2D eigenvalue weighted by Gasteiger charge is -2.22. The molecule has 92 valence electrons. The predicted octanol–water partition coefficient (Wildman–Crippen LogP) is -0.471. The lowest BCUT2D eigenvalue weighted by atomic mass is 10.4. The zero-order valence-corrected chi connectivity index (χ0v) is 10.4. The van der Waals surface area contributed by atoms with E-state index in [-0.39, 0.29) is 18.9 Å². The van der Waals surface area contributed by atoms with Crippen LogP contribution in [0.25, 0.3) is 0 Å². The van der Waals surface area contributed by atoms with Crippen LogP contribution in [0, 0.1) is 0 Å². The molecule has 0 fully saturated rings. The van der Waals surface area contributed by atoms with Gasteiger partial charge in [-0.2, -0.15) is 0 Å². The van der Waals surface area contributed by atoms with Gasteiger partial charge < -0.3 is 19.7 Å². The fraction of sp³-hybridized carbons (Fsp3) is 0.667. The molecule has 7 heteroatoms. The second-order valence-corrected chi connectivity index (χ2v) is 3.27. The highest BCUT2D eigenvalue weighted by molar-refractivity contribution is 7.80. The molecule has 0 unspecified atom stereocenters. The van der Waals surface area contributed by atoms with Gasteiger partial charge in [0, 0.05) is 13.6 Å². The number of carbonyl (C=O) groups is 2. The minimum atomic E-state index is -0.414. The summed E-state index contributed by atoms with van der Waals surface area (Å²) in [5.74, 6) is -0.767. The average Bonchev–Trinajstić information content (AvgIpc) is 2.32. The Morgan fingerprint density at radius 2 is 1.81 bits per heavy atom. The van der Waals surface area contributed by atoms with Crippen LogP contribution in [0.3, 0.4) is 0 Å². The molecular weight excluding hydrogens is 232 g/mol. The van der Waals surface area contributed by atoms with E-state index in [0.29, 0.717) is 11.7 Å². The van der Waals surface area contributed by atoms with Crippen molar-refractivity contribution < 1.29 is 19.1 Å². The molecule has 0 saturated carbocycles. The quantitative estimate of drug-likeness (QED) is 0.521. The summed E-state index contributed by atoms with van der Waals surface area (Å²) in [6.45, 7) is 0.314. The highest BCUT2D eigenvalue weighted by Gasteiger charge is 2.14. The molecule has 6 nitrogen and oxygen atoms in total. The van der Waals surface area contributed by atoms with Crippen molar-refractivity contribution >= 4 is 29.3 Å². The lowest BCUT2D eigenvalue weighted by molar-refractivity contribution is -0.143. The van der Waals surface area contributed by atoms with Crippen LogP contribution in [0.1, 0.15) is 6.42 Å². The van der Waals surface area contributed by atoms with Crippen molar-refractivity contribution in [2.45, 2.75) is 6.42 Å². The Morgan fingerprint density at radius 3 is 2.25 bits per heavy atom. The molecule has 0 aliphatic heterocycles. The molecule has 0 amide bonds. The van der Waals surface area contributed by atoms with Crippen LogP contribution < -0.4 is 5.32 Å². The Bertz CT molecular complexity index is 270. The number of nitrogens with one attached hydrogen (secondary N) is 1. The first-order valence-corrected chi connectivity index (χ1v) is 5.06. The summed E-state index contributed by atoms with van der Waals surface area (Å²) in [5.41, 5.74) is 0. The third-order valence-corrected chi connectivity index (χ3v) is 2.32. The highest BCUT2D eigenvalue weighted by Crippen LogP contribution is 1.96. The molecular formula is C9H16N2O4S. The van der Waals surface area contributed by atoms with Crippen LogP contribution in [-0.2, 0) is 19.1 Å². The molecule has 0 bridgehead atoms. The molecule has 0 aromatic heterocycles. The fourth-order valence-corrected chi connectivity index (χ4v) is 1.12. The van der Waals surface area contributed by atoms with Gasteiger partial charge in [0.15, 0.2) is 5.11 Å². The van der Waals surface area contributed by atoms with Crippen LogP contribution >= 0.6 is 12.2 Å². The van der Waals surface area contributed by atoms with Crippen LogP contribution in [0.15, 0.2) is 0 Å². The average molecular weight is 248 g/mol. The number of methoxy groups -OCH3 is 2. The second-order valence-electron chi connectivity index (χ2n) is 2.88. The zero-order valence-electron chi connectivity index (χ0n) is 9.61. The maximum Gasteiger partial charge on any atom is 0.325 e. The minimum absolute atomic E-state index is 0.00711. The van der Waals surface area contributed by atoms with Crippen molar-refractivity contribution in [3.63, 3.8) is 0 Å². The number of thiocarbonyl (C=S) groups is 1. The number of rotatable bonds is 5. The van der Waals surface area contributed by atoms with Crippen molar-refractivity contribution in [2.75, 3.05) is 34.4 Å². The van der Waals surface area contributed by atoms with E-state index in [4.69, 9.17) is 12.2 Å². The first kappa shape index (κ1) is 14.6. The van der Waals surface area contributed by atoms with E-state index >= 15 is 0 Å². The van der Waals surface area contributed by atoms with Crippen LogP contribution in [0.4, 0.5) is 0 Å². The van der Waals surface area contributed by atoms with Crippen molar-refractivity contribution in [1.29, 1.82) is 0 Å². The monoisotopic (exact) mass is 248 g/mol. The van der Waals surface area contributed by atoms with Gasteiger partial charge in [-0.25, -0.2) is 0 Å². The topological polar surface area (TPSA) is 67.9 Å². The van der Waals surface area contributed by atoms with Gasteiger partial charge in [-0.3, -0.25) is 9.59 Å². The number of carbonyl (C=O) groups excluding carboxylic acids is 2. The van der Waals surface area contributed by atoms with E-state index < -0.39 is 5.97 Å². The van der Waals surface area contributed by atoms with Crippen LogP contribution in [0.2, 0.25) is 0 Å². The van der Waals surface area contributed by atoms with Gasteiger partial charge in [-0.1, -0.05) is 0 Å². The first-order chi connectivity index (χ1) is 7.54. The van der Waals surface area contributed by atoms with E-state index in [1.165, 1.54) is 19.1 Å². The SMILES string of the molecule is CNC(=S)N(CCC(=O)OC)CC(=O)OC. The highest BCUT2D eigenvalue weighted by atomic mass is 32.1. The van der Waals surface area contributed by atoms with Gasteiger partial charge in [-0.05, 0) is 12.2 Å². The third-order valence-electron chi connectivity index (χ3n) is 1.86. The number of hydrogen-bond acceptors (Lipinski definition) is 5. The van der Waals surface area contributed by atoms with Crippen molar-refractivity contribution in [3.05, 3.63) is 0 Å². The lowest BCUT2D eigenvalue weighted by Crippen LogP contribution is -2.42. The predicted molar refractivity (Wildman–Crippen MR) is 61.9 cm³/mol. The number of hydrogen-bond donors (Lipinski definition) is 1. The molecule has 0 heterocycles. The van der Waals surface area contributed by atoms with Gasteiger partial charge in [0.2, 0.25) is 0 Å². The van der Waals surface area contributed by atoms with Gasteiger partial charge in [0.1, 0.15) is 6.54 Å². The molecule has 0 radical (unpaired) electrons. The van der Waals surface area contributed by atoms with E-state index in [1.54, 1.807) is 7.05 Å². The zero-order chi connectivity index (χ0) is 12.6. The molecule has 0 atom stereocenters. The largest absolute Gasteiger partial charge is 0.469 e. The van der Waals surface area contributed by atoms with E-state index in [9.17, 15) is 9.59 Å². The number of nitrogens with zero attached hydrogens (tertiary/aromatic N) is 1. The number of ether oxygens (including phenoxy) is 2. The van der Waals surface area contributed by atoms with Gasteiger partial charge in [0.05, 0.1) is 20.6 Å². The van der Waals surface area contributed by atoms with Gasteiger partial charge in [-0.15, -0.1) is 0 Å². The molecule has 0 spiro atoms. The Morgan fingerprint density at radius 1 is 1.25 bits per heavy atom. The van der Waals surface area contributed by atoms with E-state index in [1.807, 2.05) is 0 Å². The van der Waals surface area contributed by atoms with E-state index in [2.05, 4.69) is 14.8 Å². The summed E-state index contributed by atoms with van der Waals surface area (Å²) in [7, 11) is 4.25. The summed E-state index contributed by atoms with van der Waals surface area (Å²) in [4.78, 5) is 23.6. The summed E-state index contributed by atoms with van der Waals surface area (Å²) in [6, 6.07) is 0. The third kappa shape index (κ3) is 5.50. The molecule has 1 N–H and O–H groups in total. The summed E-state index contributed by atoms with van der Waals surface area (Å²) >= 11 is 4.99. The van der Waals surface area contributed by atoms with Gasteiger partial charge >= 0.3 is 11.9 Å². The Labute approximate surface area is 99.9 Å². The Balaban J connectivity index is 4.26. The standard InChI is InChI=1S/C9H16N2O4S/c1-10-9(16)11(6-8(13)15-3)5-4-7(12)14-2/h4-6H2,1-3H3,(H,10,16). The minimum Gasteiger partial charge on any atom is -0.469 e. The van der Waals surface area contributed by atoms with E-state index in [0.717, 1.165) is 0 Å². The summed E-state index contributed by atoms with van der Waals surface area (Å²) in [5, 5.41) is 3.12.